The van der Waals surface area contributed by atoms with E-state index in [1.54, 1.807) is 48.5 Å². The first-order valence-electron chi connectivity index (χ1n) is 15.0. The van der Waals surface area contributed by atoms with E-state index in [1.165, 1.54) is 11.3 Å². The molecule has 0 aliphatic rings. The highest BCUT2D eigenvalue weighted by Gasteiger charge is 2.21. The Morgan fingerprint density at radius 3 is 2.02 bits per heavy atom. The minimum atomic E-state index is -1.02. The predicted octanol–water partition coefficient (Wildman–Crippen LogP) is 7.49. The summed E-state index contributed by atoms with van der Waals surface area (Å²) in [5, 5.41) is 13.0. The number of nitrogens with zero attached hydrogens (tertiary/aromatic N) is 1. The lowest BCUT2D eigenvalue weighted by atomic mass is 10.1. The fourth-order valence-corrected chi connectivity index (χ4v) is 4.94. The third-order valence-electron chi connectivity index (χ3n) is 7.27. The number of aliphatic carboxylic acids is 1. The number of carboxylic acids is 1. The van der Waals surface area contributed by atoms with Crippen molar-refractivity contribution in [1.82, 2.24) is 0 Å². The number of hydrogen-bond acceptors (Lipinski definition) is 6. The lowest BCUT2D eigenvalue weighted by Crippen LogP contribution is -2.31. The molecule has 45 heavy (non-hydrogen) atoms. The van der Waals surface area contributed by atoms with E-state index in [0.29, 0.717) is 17.9 Å². The number of nitrogens with one attached hydrogen (secondary N) is 1. The lowest BCUT2D eigenvalue weighted by Gasteiger charge is -2.25. The maximum atomic E-state index is 12.6. The number of anilines is 2. The van der Waals surface area contributed by atoms with Crippen LogP contribution in [0.3, 0.4) is 0 Å². The molecule has 7 heteroatoms. The average Bonchev–Trinajstić information content (AvgIpc) is 3.08. The highest BCUT2D eigenvalue weighted by Crippen LogP contribution is 2.27. The van der Waals surface area contributed by atoms with Crippen LogP contribution in [0.4, 0.5) is 11.4 Å². The Morgan fingerprint density at radius 1 is 0.711 bits per heavy atom. The topological polar surface area (TPSA) is 88.1 Å². The summed E-state index contributed by atoms with van der Waals surface area (Å²) in [6, 6.07) is 42.8. The highest BCUT2D eigenvalue weighted by atomic mass is 16.5. The molecule has 7 nitrogen and oxygen atoms in total. The molecule has 0 aromatic heterocycles. The fourth-order valence-electron chi connectivity index (χ4n) is 4.94. The molecule has 0 heterocycles. The number of hydrogen-bond donors (Lipinski definition) is 2. The monoisotopic (exact) mass is 600 g/mol. The molecule has 0 spiro atoms. The molecule has 0 radical (unpaired) electrons. The van der Waals surface area contributed by atoms with Gasteiger partial charge >= 0.3 is 11.9 Å². The Bertz CT molecular complexity index is 1640. The van der Waals surface area contributed by atoms with Gasteiger partial charge in [0, 0.05) is 25.2 Å². The highest BCUT2D eigenvalue weighted by molar-refractivity contribution is 5.92. The molecule has 0 amide bonds. The molecule has 0 aliphatic carbocycles. The predicted molar refractivity (Wildman–Crippen MR) is 177 cm³/mol. The Balaban J connectivity index is 1.14. The van der Waals surface area contributed by atoms with Crippen LogP contribution in [-0.2, 0) is 17.8 Å². The maximum absolute atomic E-state index is 12.6. The maximum Gasteiger partial charge on any atom is 0.343 e. The van der Waals surface area contributed by atoms with Gasteiger partial charge in [-0.3, -0.25) is 0 Å². The molecule has 0 fully saturated rings. The van der Waals surface area contributed by atoms with Crippen LogP contribution in [0, 0.1) is 0 Å². The van der Waals surface area contributed by atoms with Gasteiger partial charge in [0.05, 0.1) is 17.9 Å². The third kappa shape index (κ3) is 9.21. The van der Waals surface area contributed by atoms with Crippen LogP contribution in [0.25, 0.3) is 0 Å². The largest absolute Gasteiger partial charge is 0.494 e. The van der Waals surface area contributed by atoms with Crippen LogP contribution < -0.4 is 19.7 Å². The van der Waals surface area contributed by atoms with Crippen molar-refractivity contribution in [3.05, 3.63) is 156 Å². The molecule has 5 aromatic rings. The fraction of sp³-hybridized carbons (Fsp3) is 0.158. The third-order valence-corrected chi connectivity index (χ3v) is 7.27. The van der Waals surface area contributed by atoms with Crippen molar-refractivity contribution < 1.29 is 24.2 Å². The smallest absolute Gasteiger partial charge is 0.343 e. The zero-order valence-corrected chi connectivity index (χ0v) is 24.9. The van der Waals surface area contributed by atoms with E-state index in [1.807, 2.05) is 42.5 Å². The Hall–Kier alpha value is -5.56. The number of esters is 1. The number of ether oxygens (including phenoxy) is 2. The summed E-state index contributed by atoms with van der Waals surface area (Å²) >= 11 is 0. The minimum Gasteiger partial charge on any atom is -0.494 e. The van der Waals surface area contributed by atoms with Crippen molar-refractivity contribution >= 4 is 23.3 Å². The molecular formula is C38H36N2O5. The van der Waals surface area contributed by atoms with Crippen molar-refractivity contribution in [1.29, 1.82) is 0 Å². The van der Waals surface area contributed by atoms with Gasteiger partial charge in [-0.2, -0.15) is 0 Å². The van der Waals surface area contributed by atoms with Gasteiger partial charge in [-0.15, -0.1) is 0 Å². The van der Waals surface area contributed by atoms with E-state index >= 15 is 0 Å². The number of carbonyl (C=O) groups excluding carboxylic acids is 1. The SMILES string of the molecule is O=C(Oc1ccccc1NC(Cc1ccc(OCCCN(Cc2ccccc2)c2ccccc2)cc1)C(=O)O)c1ccccc1. The quantitative estimate of drug-likeness (QED) is 0.0731. The van der Waals surface area contributed by atoms with E-state index in [9.17, 15) is 14.7 Å². The summed E-state index contributed by atoms with van der Waals surface area (Å²) in [6.45, 7) is 2.21. The zero-order chi connectivity index (χ0) is 31.3. The van der Waals surface area contributed by atoms with Gasteiger partial charge in [0.1, 0.15) is 11.8 Å². The van der Waals surface area contributed by atoms with Gasteiger partial charge < -0.3 is 24.8 Å². The second-order valence-electron chi connectivity index (χ2n) is 10.6. The van der Waals surface area contributed by atoms with Gasteiger partial charge in [0.2, 0.25) is 0 Å². The minimum absolute atomic E-state index is 0.224. The van der Waals surface area contributed by atoms with E-state index in [2.05, 4.69) is 58.7 Å². The zero-order valence-electron chi connectivity index (χ0n) is 24.9. The molecule has 2 N–H and O–H groups in total. The van der Waals surface area contributed by atoms with E-state index in [0.717, 1.165) is 30.8 Å². The first-order chi connectivity index (χ1) is 22.0. The summed E-state index contributed by atoms with van der Waals surface area (Å²) in [5.74, 6) is -0.545. The van der Waals surface area contributed by atoms with Crippen molar-refractivity contribution in [2.75, 3.05) is 23.4 Å². The summed E-state index contributed by atoms with van der Waals surface area (Å²) < 4.78 is 11.6. The van der Waals surface area contributed by atoms with Crippen molar-refractivity contribution in [3.63, 3.8) is 0 Å². The number of carboxylic acid groups (broad SMARTS) is 1. The Labute approximate surface area is 263 Å². The number of benzene rings is 5. The van der Waals surface area contributed by atoms with E-state index in [-0.39, 0.29) is 12.2 Å². The summed E-state index contributed by atoms with van der Waals surface area (Å²) in [4.78, 5) is 27.1. The molecule has 5 aromatic carbocycles. The number of carbonyl (C=O) groups is 2. The second kappa shape index (κ2) is 15.8. The van der Waals surface area contributed by atoms with Crippen LogP contribution >= 0.6 is 0 Å². The van der Waals surface area contributed by atoms with E-state index in [4.69, 9.17) is 9.47 Å². The average molecular weight is 601 g/mol. The van der Waals surface area contributed by atoms with Gasteiger partial charge in [0.15, 0.2) is 5.75 Å². The van der Waals surface area contributed by atoms with E-state index < -0.39 is 18.0 Å². The lowest BCUT2D eigenvalue weighted by molar-refractivity contribution is -0.137. The molecule has 0 saturated heterocycles. The Morgan fingerprint density at radius 2 is 1.33 bits per heavy atom. The van der Waals surface area contributed by atoms with Crippen molar-refractivity contribution in [2.45, 2.75) is 25.4 Å². The van der Waals surface area contributed by atoms with Gasteiger partial charge in [-0.05, 0) is 66.1 Å². The molecule has 0 saturated carbocycles. The normalized spacial score (nSPS) is 11.3. The number of rotatable bonds is 15. The van der Waals surface area contributed by atoms with Crippen molar-refractivity contribution in [2.24, 2.45) is 0 Å². The first-order valence-corrected chi connectivity index (χ1v) is 15.0. The summed E-state index contributed by atoms with van der Waals surface area (Å²) in [7, 11) is 0. The summed E-state index contributed by atoms with van der Waals surface area (Å²) in [5.41, 5.74) is 4.09. The molecule has 228 valence electrons. The Kier molecular flexibility index (Phi) is 10.8. The molecule has 1 atom stereocenters. The van der Waals surface area contributed by atoms with Crippen LogP contribution in [0.2, 0.25) is 0 Å². The summed E-state index contributed by atoms with van der Waals surface area (Å²) in [6.07, 6.45) is 1.06. The molecule has 1 unspecified atom stereocenters. The number of para-hydroxylation sites is 3. The first kappa shape index (κ1) is 30.9. The second-order valence-corrected chi connectivity index (χ2v) is 10.6. The van der Waals surface area contributed by atoms with Gasteiger partial charge in [-0.1, -0.05) is 91.0 Å². The molecular weight excluding hydrogens is 564 g/mol. The van der Waals surface area contributed by atoms with Gasteiger partial charge in [0.25, 0.3) is 0 Å². The van der Waals surface area contributed by atoms with Crippen LogP contribution in [0.1, 0.15) is 27.9 Å². The standard InChI is InChI=1S/C38H36N2O5/c41-37(42)35(39-34-19-10-11-20-36(34)45-38(43)31-15-6-2-7-16-31)27-29-21-23-33(24-22-29)44-26-12-25-40(32-17-8-3-9-18-32)28-30-13-4-1-5-14-30/h1-11,13-24,35,39H,12,25-28H2,(H,41,42). The van der Waals surface area contributed by atoms with Gasteiger partial charge in [-0.25, -0.2) is 9.59 Å². The molecule has 0 aliphatic heterocycles. The molecule has 5 rings (SSSR count). The molecule has 0 bridgehead atoms. The van der Waals surface area contributed by atoms with Crippen molar-refractivity contribution in [3.8, 4) is 11.5 Å². The van der Waals surface area contributed by atoms with Crippen LogP contribution in [0.15, 0.2) is 140 Å². The van der Waals surface area contributed by atoms with Crippen LogP contribution in [-0.4, -0.2) is 36.2 Å². The van der Waals surface area contributed by atoms with Crippen LogP contribution in [0.5, 0.6) is 11.5 Å².